The maximum Gasteiger partial charge on any atom is 0.410 e. The number of hydrogen-bond donors (Lipinski definition) is 3. The van der Waals surface area contributed by atoms with E-state index in [9.17, 15) is 32.8 Å². The maximum atomic E-state index is 14.0. The SMILES string of the molecule is Cc1noc(C)c1-c1ccc(N[C@@H]2CCN(C(=O)OC(C)(C)C)C2)c(NC(=O)[C@@H]2CCC(=O)N2c2ccc(F)c(F)c2)c1.Cc1noc(C)c1-c1ccc2c(c1)nc([C@@H]1CCC(=O)N1)n2[C@@H]1CCN(C(=O)OC(C)(C)C)C1. The summed E-state index contributed by atoms with van der Waals surface area (Å²) in [6, 6.07) is 13.7. The average Bonchev–Trinajstić information content (AvgIpc) is 4.24. The molecule has 4 aliphatic heterocycles. The van der Waals surface area contributed by atoms with Gasteiger partial charge in [0.05, 0.1) is 45.9 Å². The van der Waals surface area contributed by atoms with Gasteiger partial charge in [0, 0.05) is 67.9 Å². The monoisotopic (exact) mass is 1060 g/mol. The van der Waals surface area contributed by atoms with Crippen LogP contribution in [-0.2, 0) is 23.9 Å². The van der Waals surface area contributed by atoms with Gasteiger partial charge >= 0.3 is 12.2 Å². The van der Waals surface area contributed by atoms with E-state index in [1.165, 1.54) is 11.0 Å². The molecule has 4 aliphatic rings. The highest BCUT2D eigenvalue weighted by atomic mass is 19.2. The van der Waals surface area contributed by atoms with E-state index >= 15 is 0 Å². The van der Waals surface area contributed by atoms with Crippen molar-refractivity contribution in [2.45, 2.75) is 143 Å². The van der Waals surface area contributed by atoms with Crippen LogP contribution in [0.1, 0.15) is 121 Å². The number of hydrogen-bond acceptors (Lipinski definition) is 13. The predicted molar refractivity (Wildman–Crippen MR) is 283 cm³/mol. The molecule has 19 nitrogen and oxygen atoms in total. The van der Waals surface area contributed by atoms with Crippen LogP contribution in [0.3, 0.4) is 0 Å². The Bertz CT molecular complexity index is 3220. The molecule has 0 unspecified atom stereocenters. The first kappa shape index (κ1) is 54.0. The summed E-state index contributed by atoms with van der Waals surface area (Å²) in [4.78, 5) is 73.3. The van der Waals surface area contributed by atoms with Crippen molar-refractivity contribution in [3.05, 3.63) is 95.0 Å². The Labute approximate surface area is 445 Å². The molecule has 4 atom stereocenters. The average molecular weight is 1060 g/mol. The number of likely N-dealkylation sites (tertiary alicyclic amines) is 2. The molecule has 10 rings (SSSR count). The van der Waals surface area contributed by atoms with Crippen LogP contribution < -0.4 is 20.9 Å². The van der Waals surface area contributed by atoms with E-state index < -0.39 is 34.8 Å². The number of aryl methyl sites for hydroxylation is 4. The van der Waals surface area contributed by atoms with Crippen molar-refractivity contribution in [2.24, 2.45) is 0 Å². The molecule has 4 saturated heterocycles. The molecule has 6 aromatic rings. The lowest BCUT2D eigenvalue weighted by Gasteiger charge is -2.26. The summed E-state index contributed by atoms with van der Waals surface area (Å²) in [6.07, 6.45) is 2.28. The van der Waals surface area contributed by atoms with Crippen LogP contribution in [0.5, 0.6) is 0 Å². The quantitative estimate of drug-likeness (QED) is 0.123. The molecule has 408 valence electrons. The number of carbonyl (C=O) groups is 5. The Morgan fingerprint density at radius 3 is 1.94 bits per heavy atom. The number of rotatable bonds is 9. The summed E-state index contributed by atoms with van der Waals surface area (Å²) < 4.78 is 51.6. The summed E-state index contributed by atoms with van der Waals surface area (Å²) in [7, 11) is 0. The molecule has 0 bridgehead atoms. The van der Waals surface area contributed by atoms with Crippen LogP contribution in [0.2, 0.25) is 0 Å². The van der Waals surface area contributed by atoms with E-state index in [-0.39, 0.29) is 60.7 Å². The number of ether oxygens (including phenoxy) is 2. The predicted octanol–water partition coefficient (Wildman–Crippen LogP) is 10.2. The minimum atomic E-state index is -1.10. The lowest BCUT2D eigenvalue weighted by atomic mass is 10.0. The molecule has 5 amide bonds. The van der Waals surface area contributed by atoms with Gasteiger partial charge in [0.1, 0.15) is 34.6 Å². The van der Waals surface area contributed by atoms with Gasteiger partial charge in [0.25, 0.3) is 0 Å². The first-order chi connectivity index (χ1) is 36.4. The number of fused-ring (bicyclic) bond motifs is 1. The third kappa shape index (κ3) is 11.8. The molecule has 7 heterocycles. The fourth-order valence-electron chi connectivity index (χ4n) is 10.6. The molecule has 0 radical (unpaired) electrons. The first-order valence-corrected chi connectivity index (χ1v) is 26.0. The highest BCUT2D eigenvalue weighted by molar-refractivity contribution is 6.08. The molecule has 3 aromatic carbocycles. The number of halogens is 2. The fraction of sp³-hybridized carbons (Fsp3) is 0.464. The third-order valence-electron chi connectivity index (χ3n) is 14.0. The summed E-state index contributed by atoms with van der Waals surface area (Å²) >= 11 is 0. The van der Waals surface area contributed by atoms with Crippen molar-refractivity contribution >= 4 is 58.0 Å². The Kier molecular flexibility index (Phi) is 14.9. The lowest BCUT2D eigenvalue weighted by Crippen LogP contribution is -2.42. The van der Waals surface area contributed by atoms with Gasteiger partial charge in [-0.15, -0.1) is 0 Å². The van der Waals surface area contributed by atoms with Gasteiger partial charge in [-0.25, -0.2) is 23.4 Å². The van der Waals surface area contributed by atoms with Crippen LogP contribution in [0.25, 0.3) is 33.3 Å². The van der Waals surface area contributed by atoms with Gasteiger partial charge in [0.2, 0.25) is 17.7 Å². The number of amides is 5. The molecule has 4 fully saturated rings. The number of nitrogens with zero attached hydrogens (tertiary/aromatic N) is 7. The third-order valence-corrected chi connectivity index (χ3v) is 14.0. The summed E-state index contributed by atoms with van der Waals surface area (Å²) in [5, 5.41) is 17.6. The molecule has 0 aliphatic carbocycles. The van der Waals surface area contributed by atoms with E-state index in [2.05, 4.69) is 49.0 Å². The Morgan fingerprint density at radius 2 is 1.34 bits per heavy atom. The van der Waals surface area contributed by atoms with Crippen molar-refractivity contribution in [3.63, 3.8) is 0 Å². The zero-order chi connectivity index (χ0) is 55.2. The van der Waals surface area contributed by atoms with Crippen molar-refractivity contribution in [1.82, 2.24) is 35.0 Å². The zero-order valence-corrected chi connectivity index (χ0v) is 45.1. The molecular weight excluding hydrogens is 995 g/mol. The van der Waals surface area contributed by atoms with Crippen molar-refractivity contribution in [2.75, 3.05) is 41.7 Å². The van der Waals surface area contributed by atoms with Crippen LogP contribution in [-0.4, -0.2) is 109 Å². The Hall–Kier alpha value is -7.84. The summed E-state index contributed by atoms with van der Waals surface area (Å²) in [6.45, 7) is 20.6. The minimum absolute atomic E-state index is 0.0434. The van der Waals surface area contributed by atoms with Crippen LogP contribution in [0.4, 0.5) is 35.4 Å². The number of anilines is 3. The number of benzene rings is 3. The summed E-state index contributed by atoms with van der Waals surface area (Å²) in [5.41, 5.74) is 6.91. The van der Waals surface area contributed by atoms with E-state index in [4.69, 9.17) is 23.5 Å². The topological polar surface area (TPSA) is 220 Å². The normalized spacial score (nSPS) is 19.7. The van der Waals surface area contributed by atoms with Gasteiger partial charge in [-0.2, -0.15) is 0 Å². The zero-order valence-electron chi connectivity index (χ0n) is 45.1. The smallest absolute Gasteiger partial charge is 0.410 e. The fourth-order valence-corrected chi connectivity index (χ4v) is 10.6. The lowest BCUT2D eigenvalue weighted by molar-refractivity contribution is -0.120. The van der Waals surface area contributed by atoms with Gasteiger partial charge < -0.3 is 48.8 Å². The number of nitrogens with one attached hydrogen (secondary N) is 3. The van der Waals surface area contributed by atoms with Crippen molar-refractivity contribution < 1.29 is 51.3 Å². The highest BCUT2D eigenvalue weighted by Crippen LogP contribution is 2.38. The number of carbonyl (C=O) groups excluding carboxylic acids is 5. The van der Waals surface area contributed by atoms with Crippen LogP contribution >= 0.6 is 0 Å². The highest BCUT2D eigenvalue weighted by Gasteiger charge is 2.39. The maximum absolute atomic E-state index is 14.0. The van der Waals surface area contributed by atoms with Gasteiger partial charge in [-0.3, -0.25) is 19.3 Å². The second-order valence-corrected chi connectivity index (χ2v) is 22.2. The molecule has 77 heavy (non-hydrogen) atoms. The first-order valence-electron chi connectivity index (χ1n) is 26.0. The standard InChI is InChI=1S/C31H35F2N5O5.C25H31N5O4/c1-17-28(18(2)43-36-17)19-6-9-24(34-20-12-13-37(16-20)30(41)42-31(3,4)5)25(14-19)35-29(40)26-10-11-27(39)38(26)21-7-8-22(32)23(33)15-21;1-14-22(15(2)34-28-14)16-6-8-20-19(12-16)27-23(18-7-9-21(31)26-18)30(20)17-10-11-29(13-17)24(32)33-25(3,4)5/h6-9,14-15,20,26,34H,10-13,16H2,1-5H3,(H,35,40);6,8,12,17-18H,7,9-11,13H2,1-5H3,(H,26,31)/t20-,26+;17-,18+/m11/s1. The molecule has 3 aromatic heterocycles. The van der Waals surface area contributed by atoms with Crippen LogP contribution in [0.15, 0.2) is 63.6 Å². The number of aromatic nitrogens is 4. The van der Waals surface area contributed by atoms with E-state index in [0.717, 1.165) is 69.1 Å². The molecular formula is C56H66F2N10O9. The molecule has 3 N–H and O–H groups in total. The molecule has 0 saturated carbocycles. The Morgan fingerprint density at radius 1 is 0.714 bits per heavy atom. The van der Waals surface area contributed by atoms with E-state index in [0.29, 0.717) is 68.3 Å². The van der Waals surface area contributed by atoms with E-state index in [1.807, 2.05) is 74.4 Å². The molecule has 0 spiro atoms. The van der Waals surface area contributed by atoms with Gasteiger partial charge in [-0.05, 0) is 142 Å². The second-order valence-electron chi connectivity index (χ2n) is 22.2. The molecule has 21 heteroatoms. The van der Waals surface area contributed by atoms with Crippen LogP contribution in [0, 0.1) is 39.3 Å². The van der Waals surface area contributed by atoms with Gasteiger partial charge in [0.15, 0.2) is 11.6 Å². The summed E-state index contributed by atoms with van der Waals surface area (Å²) in [5.74, 6) is -0.714. The number of imidazole rings is 1. The van der Waals surface area contributed by atoms with E-state index in [1.54, 1.807) is 22.8 Å². The largest absolute Gasteiger partial charge is 0.444 e. The Balaban J connectivity index is 0.000000193. The second kappa shape index (κ2) is 21.3. The minimum Gasteiger partial charge on any atom is -0.444 e. The van der Waals surface area contributed by atoms with Crippen molar-refractivity contribution in [1.29, 1.82) is 0 Å². The van der Waals surface area contributed by atoms with Gasteiger partial charge in [-0.1, -0.05) is 22.4 Å². The van der Waals surface area contributed by atoms with Crippen molar-refractivity contribution in [3.8, 4) is 22.3 Å².